The molecule has 0 aliphatic carbocycles. The highest BCUT2D eigenvalue weighted by atomic mass is 35.5. The van der Waals surface area contributed by atoms with Crippen LogP contribution >= 0.6 is 12.4 Å². The van der Waals surface area contributed by atoms with Crippen molar-refractivity contribution >= 4 is 23.2 Å². The van der Waals surface area contributed by atoms with Gasteiger partial charge in [-0.1, -0.05) is 18.6 Å². The number of benzene rings is 1. The molecule has 128 valence electrons. The van der Waals surface area contributed by atoms with Gasteiger partial charge >= 0.3 is 0 Å². The second kappa shape index (κ2) is 9.40. The average molecular weight is 345 g/mol. The van der Waals surface area contributed by atoms with Gasteiger partial charge in [0.1, 0.15) is 0 Å². The normalized spacial score (nSPS) is 12.0. The van der Waals surface area contributed by atoms with Crippen molar-refractivity contribution < 1.29 is 0 Å². The van der Waals surface area contributed by atoms with Gasteiger partial charge in [-0.05, 0) is 55.3 Å². The van der Waals surface area contributed by atoms with Gasteiger partial charge < -0.3 is 5.32 Å². The first kappa shape index (κ1) is 18.4. The number of halogens is 1. The molecule has 1 atom stereocenters. The highest BCUT2D eigenvalue weighted by Gasteiger charge is 2.03. The molecule has 0 saturated carbocycles. The first-order valence-electron chi connectivity index (χ1n) is 8.35. The van der Waals surface area contributed by atoms with E-state index in [4.69, 9.17) is 0 Å². The monoisotopic (exact) mass is 344 g/mol. The molecule has 0 saturated heterocycles. The molecular weight excluding hydrogens is 320 g/mol. The molecule has 0 aliphatic rings. The molecule has 0 amide bonds. The van der Waals surface area contributed by atoms with Gasteiger partial charge in [0, 0.05) is 42.3 Å². The van der Waals surface area contributed by atoms with Crippen molar-refractivity contribution in [3.8, 4) is 0 Å². The summed E-state index contributed by atoms with van der Waals surface area (Å²) in [7, 11) is 0. The maximum absolute atomic E-state index is 4.16. The van der Waals surface area contributed by atoms with Gasteiger partial charge in [0.05, 0.1) is 0 Å². The summed E-state index contributed by atoms with van der Waals surface area (Å²) in [6, 6.07) is 11.2. The molecule has 0 unspecified atom stereocenters. The van der Waals surface area contributed by atoms with Crippen LogP contribution in [0.5, 0.6) is 0 Å². The zero-order chi connectivity index (χ0) is 15.9. The molecule has 2 aromatic heterocycles. The zero-order valence-corrected chi connectivity index (χ0v) is 14.9. The first-order chi connectivity index (χ1) is 11.3. The lowest BCUT2D eigenvalue weighted by Gasteiger charge is -2.14. The van der Waals surface area contributed by atoms with E-state index in [2.05, 4.69) is 57.8 Å². The molecule has 0 bridgehead atoms. The van der Waals surface area contributed by atoms with Crippen LogP contribution < -0.4 is 5.32 Å². The lowest BCUT2D eigenvalue weighted by atomic mass is 10.1. The molecule has 2 heterocycles. The topological polar surface area (TPSA) is 53.6 Å². The number of hydrogen-bond donors (Lipinski definition) is 2. The Morgan fingerprint density at radius 2 is 2.00 bits per heavy atom. The number of hydrogen-bond acceptors (Lipinski definition) is 3. The highest BCUT2D eigenvalue weighted by molar-refractivity contribution is 5.85. The van der Waals surface area contributed by atoms with Crippen molar-refractivity contribution in [2.45, 2.75) is 45.2 Å². The predicted octanol–water partition coefficient (Wildman–Crippen LogP) is 4.27. The Balaban J connectivity index is 0.00000208. The minimum absolute atomic E-state index is 0. The SMILES string of the molecule is C[C@H](CCCCc1ccn[nH]1)NCc1ccc2cnccc2c1.Cl. The Morgan fingerprint density at radius 1 is 1.08 bits per heavy atom. The fourth-order valence-electron chi connectivity index (χ4n) is 2.83. The molecule has 2 N–H and O–H groups in total. The quantitative estimate of drug-likeness (QED) is 0.600. The largest absolute Gasteiger partial charge is 0.310 e. The van der Waals surface area contributed by atoms with Gasteiger partial charge in [-0.2, -0.15) is 5.10 Å². The Morgan fingerprint density at radius 3 is 2.83 bits per heavy atom. The lowest BCUT2D eigenvalue weighted by molar-refractivity contribution is 0.488. The van der Waals surface area contributed by atoms with E-state index in [0.29, 0.717) is 6.04 Å². The Hall–Kier alpha value is -1.91. The van der Waals surface area contributed by atoms with E-state index in [-0.39, 0.29) is 12.4 Å². The third-order valence-electron chi connectivity index (χ3n) is 4.25. The van der Waals surface area contributed by atoms with Crippen molar-refractivity contribution in [1.29, 1.82) is 0 Å². The molecule has 5 heteroatoms. The average Bonchev–Trinajstić information content (AvgIpc) is 3.10. The van der Waals surface area contributed by atoms with E-state index >= 15 is 0 Å². The second-order valence-electron chi connectivity index (χ2n) is 6.17. The fraction of sp³-hybridized carbons (Fsp3) is 0.368. The lowest BCUT2D eigenvalue weighted by Crippen LogP contribution is -2.25. The number of H-pyrrole nitrogens is 1. The number of nitrogens with zero attached hydrogens (tertiary/aromatic N) is 2. The van der Waals surface area contributed by atoms with Crippen LogP contribution in [0, 0.1) is 0 Å². The number of fused-ring (bicyclic) bond motifs is 1. The van der Waals surface area contributed by atoms with E-state index in [1.54, 1.807) is 0 Å². The molecule has 1 aromatic carbocycles. The molecule has 4 nitrogen and oxygen atoms in total. The number of aryl methyl sites for hydroxylation is 1. The maximum Gasteiger partial charge on any atom is 0.0490 e. The van der Waals surface area contributed by atoms with Gasteiger partial charge in [0.25, 0.3) is 0 Å². The third kappa shape index (κ3) is 5.32. The minimum Gasteiger partial charge on any atom is -0.310 e. The molecule has 3 rings (SSSR count). The number of unbranched alkanes of at least 4 members (excludes halogenated alkanes) is 1. The van der Waals surface area contributed by atoms with Crippen LogP contribution in [0.15, 0.2) is 48.9 Å². The fourth-order valence-corrected chi connectivity index (χ4v) is 2.83. The van der Waals surface area contributed by atoms with Gasteiger partial charge in [-0.3, -0.25) is 10.1 Å². The van der Waals surface area contributed by atoms with Crippen LogP contribution in [0.1, 0.15) is 37.4 Å². The van der Waals surface area contributed by atoms with E-state index in [1.807, 2.05) is 18.6 Å². The first-order valence-corrected chi connectivity index (χ1v) is 8.35. The summed E-state index contributed by atoms with van der Waals surface area (Å²) >= 11 is 0. The summed E-state index contributed by atoms with van der Waals surface area (Å²) in [5, 5.41) is 13.1. The minimum atomic E-state index is 0. The number of aromatic amines is 1. The van der Waals surface area contributed by atoms with Gasteiger partial charge in [-0.25, -0.2) is 0 Å². The molecule has 3 aromatic rings. The number of nitrogens with one attached hydrogen (secondary N) is 2. The summed E-state index contributed by atoms with van der Waals surface area (Å²) in [4.78, 5) is 4.16. The van der Waals surface area contributed by atoms with Crippen molar-refractivity contribution in [2.24, 2.45) is 0 Å². The van der Waals surface area contributed by atoms with Crippen molar-refractivity contribution in [3.63, 3.8) is 0 Å². The Kier molecular flexibility index (Phi) is 7.22. The molecule has 0 fully saturated rings. The number of aromatic nitrogens is 3. The van der Waals surface area contributed by atoms with E-state index < -0.39 is 0 Å². The number of rotatable bonds is 8. The van der Waals surface area contributed by atoms with Gasteiger partial charge in [0.2, 0.25) is 0 Å². The van der Waals surface area contributed by atoms with Crippen LogP contribution in [0.25, 0.3) is 10.8 Å². The van der Waals surface area contributed by atoms with Crippen molar-refractivity contribution in [1.82, 2.24) is 20.5 Å². The van der Waals surface area contributed by atoms with Crippen LogP contribution in [0.2, 0.25) is 0 Å². The van der Waals surface area contributed by atoms with Crippen LogP contribution in [-0.2, 0) is 13.0 Å². The van der Waals surface area contributed by atoms with Crippen LogP contribution in [-0.4, -0.2) is 21.2 Å². The molecule has 0 aliphatic heterocycles. The van der Waals surface area contributed by atoms with Crippen LogP contribution in [0.3, 0.4) is 0 Å². The van der Waals surface area contributed by atoms with Crippen molar-refractivity contribution in [3.05, 3.63) is 60.2 Å². The second-order valence-corrected chi connectivity index (χ2v) is 6.17. The summed E-state index contributed by atoms with van der Waals surface area (Å²) in [5.74, 6) is 0. The summed E-state index contributed by atoms with van der Waals surface area (Å²) in [5.41, 5.74) is 2.56. The standard InChI is InChI=1S/C19H24N4.ClH/c1-15(4-2-3-5-19-9-11-22-23-19)21-13-16-6-7-18-14-20-10-8-17(18)12-16;/h6-12,14-15,21H,2-5,13H2,1H3,(H,22,23);1H/t15-;/m1./s1. The Bertz CT molecular complexity index is 727. The number of pyridine rings is 1. The van der Waals surface area contributed by atoms with E-state index in [1.165, 1.54) is 41.3 Å². The van der Waals surface area contributed by atoms with E-state index in [9.17, 15) is 0 Å². The summed E-state index contributed by atoms with van der Waals surface area (Å²) in [6.07, 6.45) is 10.3. The van der Waals surface area contributed by atoms with Crippen molar-refractivity contribution in [2.75, 3.05) is 0 Å². The predicted molar refractivity (Wildman–Crippen MR) is 101 cm³/mol. The molecule has 0 spiro atoms. The van der Waals surface area contributed by atoms with Crippen LogP contribution in [0.4, 0.5) is 0 Å². The smallest absolute Gasteiger partial charge is 0.0490 e. The summed E-state index contributed by atoms with van der Waals surface area (Å²) < 4.78 is 0. The summed E-state index contributed by atoms with van der Waals surface area (Å²) in [6.45, 7) is 3.18. The maximum atomic E-state index is 4.16. The third-order valence-corrected chi connectivity index (χ3v) is 4.25. The molecule has 24 heavy (non-hydrogen) atoms. The van der Waals surface area contributed by atoms with Gasteiger partial charge in [0.15, 0.2) is 0 Å². The highest BCUT2D eigenvalue weighted by Crippen LogP contribution is 2.14. The zero-order valence-electron chi connectivity index (χ0n) is 14.0. The molecule has 0 radical (unpaired) electrons. The van der Waals surface area contributed by atoms with Gasteiger partial charge in [-0.15, -0.1) is 12.4 Å². The molecular formula is C19H25ClN4. The Labute approximate surface area is 149 Å². The van der Waals surface area contributed by atoms with E-state index in [0.717, 1.165) is 13.0 Å².